The molecule has 0 bridgehead atoms. The molecule has 0 fully saturated rings. The summed E-state index contributed by atoms with van der Waals surface area (Å²) in [6.07, 6.45) is 2.35. The Kier molecular flexibility index (Phi) is 2.95. The van der Waals surface area contributed by atoms with Crippen molar-refractivity contribution in [3.05, 3.63) is 36.0 Å². The Hall–Kier alpha value is -2.09. The minimum Gasteiger partial charge on any atom is -0.398 e. The molecule has 0 amide bonds. The Bertz CT molecular complexity index is 667. The highest BCUT2D eigenvalue weighted by molar-refractivity contribution is 7.92. The van der Waals surface area contributed by atoms with Crippen LogP contribution in [-0.4, -0.2) is 18.4 Å². The van der Waals surface area contributed by atoms with Crippen LogP contribution in [0, 0.1) is 12.7 Å². The van der Waals surface area contributed by atoms with E-state index in [0.29, 0.717) is 11.3 Å². The van der Waals surface area contributed by atoms with Crippen LogP contribution < -0.4 is 10.5 Å². The van der Waals surface area contributed by atoms with E-state index in [2.05, 4.69) is 14.7 Å². The smallest absolute Gasteiger partial charge is 0.279 e. The minimum atomic E-state index is -3.90. The first-order valence-corrected chi connectivity index (χ1v) is 6.46. The van der Waals surface area contributed by atoms with Gasteiger partial charge in [0.25, 0.3) is 10.0 Å². The molecule has 8 heteroatoms. The molecule has 0 saturated heterocycles. The number of anilines is 2. The fourth-order valence-corrected chi connectivity index (χ4v) is 2.44. The predicted octanol–water partition coefficient (Wildman–Crippen LogP) is 1.24. The van der Waals surface area contributed by atoms with Gasteiger partial charge in [-0.3, -0.25) is 4.72 Å². The van der Waals surface area contributed by atoms with Crippen LogP contribution in [0.1, 0.15) is 5.56 Å². The monoisotopic (exact) mass is 270 g/mol. The molecule has 0 aliphatic rings. The molecule has 1 aromatic heterocycles. The van der Waals surface area contributed by atoms with Crippen molar-refractivity contribution in [2.24, 2.45) is 0 Å². The fourth-order valence-electron chi connectivity index (χ4n) is 1.40. The average Bonchev–Trinajstić information content (AvgIpc) is 2.84. The van der Waals surface area contributed by atoms with Gasteiger partial charge < -0.3 is 10.7 Å². The number of hydrogen-bond donors (Lipinski definition) is 3. The Balaban J connectivity index is 2.45. The number of H-pyrrole nitrogens is 1. The van der Waals surface area contributed by atoms with E-state index in [1.807, 2.05) is 0 Å². The zero-order valence-corrected chi connectivity index (χ0v) is 10.3. The summed E-state index contributed by atoms with van der Waals surface area (Å²) < 4.78 is 39.5. The number of nitrogens with two attached hydrogens (primary N) is 1. The average molecular weight is 270 g/mol. The molecule has 0 aliphatic heterocycles. The van der Waals surface area contributed by atoms with E-state index in [0.717, 1.165) is 12.3 Å². The van der Waals surface area contributed by atoms with Gasteiger partial charge in [0.15, 0.2) is 5.03 Å². The maximum Gasteiger partial charge on any atom is 0.279 e. The van der Waals surface area contributed by atoms with Gasteiger partial charge in [-0.25, -0.2) is 9.37 Å². The van der Waals surface area contributed by atoms with Crippen molar-refractivity contribution in [3.63, 3.8) is 0 Å². The van der Waals surface area contributed by atoms with Crippen LogP contribution in [0.4, 0.5) is 15.8 Å². The molecule has 6 nitrogen and oxygen atoms in total. The van der Waals surface area contributed by atoms with Gasteiger partial charge in [0.2, 0.25) is 0 Å². The second kappa shape index (κ2) is 4.30. The maximum absolute atomic E-state index is 13.6. The van der Waals surface area contributed by atoms with E-state index in [9.17, 15) is 12.8 Å². The number of halogens is 1. The van der Waals surface area contributed by atoms with Crippen LogP contribution in [0.15, 0.2) is 29.7 Å². The fraction of sp³-hybridized carbons (Fsp3) is 0.100. The summed E-state index contributed by atoms with van der Waals surface area (Å²) in [6.45, 7) is 1.53. The molecule has 0 unspecified atom stereocenters. The molecule has 0 saturated carbocycles. The van der Waals surface area contributed by atoms with Crippen LogP contribution in [0.25, 0.3) is 0 Å². The van der Waals surface area contributed by atoms with Crippen LogP contribution >= 0.6 is 0 Å². The molecular formula is C10H11FN4O2S. The standard InChI is InChI=1S/C10H11FN4O2S/c1-6-8(12)3-2-7(11)10(6)15-18(16,17)9-4-13-5-14-9/h2-5,15H,12H2,1H3,(H,13,14). The van der Waals surface area contributed by atoms with Crippen molar-refractivity contribution in [1.82, 2.24) is 9.97 Å². The maximum atomic E-state index is 13.6. The lowest BCUT2D eigenvalue weighted by Gasteiger charge is -2.11. The molecule has 0 radical (unpaired) electrons. The number of nitrogens with zero attached hydrogens (tertiary/aromatic N) is 1. The number of imidazole rings is 1. The molecule has 2 aromatic rings. The van der Waals surface area contributed by atoms with E-state index >= 15 is 0 Å². The lowest BCUT2D eigenvalue weighted by atomic mass is 10.1. The SMILES string of the molecule is Cc1c(N)ccc(F)c1NS(=O)(=O)c1cnc[nH]1. The summed E-state index contributed by atoms with van der Waals surface area (Å²) in [5.74, 6) is -0.690. The van der Waals surface area contributed by atoms with Crippen molar-refractivity contribution in [3.8, 4) is 0 Å². The number of benzene rings is 1. The van der Waals surface area contributed by atoms with Gasteiger partial charge in [0.05, 0.1) is 18.2 Å². The third-order valence-electron chi connectivity index (χ3n) is 2.46. The molecule has 18 heavy (non-hydrogen) atoms. The van der Waals surface area contributed by atoms with Gasteiger partial charge in [-0.2, -0.15) is 8.42 Å². The van der Waals surface area contributed by atoms with Crippen molar-refractivity contribution >= 4 is 21.4 Å². The van der Waals surface area contributed by atoms with E-state index in [-0.39, 0.29) is 10.7 Å². The Morgan fingerprint density at radius 2 is 2.17 bits per heavy atom. The first-order valence-electron chi connectivity index (χ1n) is 4.97. The molecule has 4 N–H and O–H groups in total. The normalized spacial score (nSPS) is 11.4. The van der Waals surface area contributed by atoms with E-state index in [1.54, 1.807) is 0 Å². The highest BCUT2D eigenvalue weighted by atomic mass is 32.2. The summed E-state index contributed by atoms with van der Waals surface area (Å²) in [5.41, 5.74) is 6.08. The molecular weight excluding hydrogens is 259 g/mol. The Morgan fingerprint density at radius 1 is 1.44 bits per heavy atom. The third-order valence-corrected chi connectivity index (χ3v) is 3.73. The van der Waals surface area contributed by atoms with Crippen molar-refractivity contribution < 1.29 is 12.8 Å². The first kappa shape index (κ1) is 12.4. The van der Waals surface area contributed by atoms with Gasteiger partial charge in [0, 0.05) is 5.69 Å². The van der Waals surface area contributed by atoms with Crippen molar-refractivity contribution in [1.29, 1.82) is 0 Å². The van der Waals surface area contributed by atoms with Crippen molar-refractivity contribution in [2.45, 2.75) is 11.9 Å². The largest absolute Gasteiger partial charge is 0.398 e. The van der Waals surface area contributed by atoms with E-state index < -0.39 is 15.8 Å². The van der Waals surface area contributed by atoms with E-state index in [4.69, 9.17) is 5.73 Å². The topological polar surface area (TPSA) is 101 Å². The highest BCUT2D eigenvalue weighted by Crippen LogP contribution is 2.26. The van der Waals surface area contributed by atoms with Crippen LogP contribution in [-0.2, 0) is 10.0 Å². The number of nitrogen functional groups attached to an aromatic ring is 1. The summed E-state index contributed by atoms with van der Waals surface area (Å²) in [5, 5.41) is -0.149. The van der Waals surface area contributed by atoms with Crippen LogP contribution in [0.5, 0.6) is 0 Å². The molecule has 2 rings (SSSR count). The molecule has 0 aliphatic carbocycles. The lowest BCUT2D eigenvalue weighted by Crippen LogP contribution is -2.15. The van der Waals surface area contributed by atoms with Gasteiger partial charge in [-0.1, -0.05) is 0 Å². The lowest BCUT2D eigenvalue weighted by molar-refractivity contribution is 0.595. The Labute approximate surface area is 103 Å². The summed E-state index contributed by atoms with van der Waals surface area (Å²) in [4.78, 5) is 6.04. The molecule has 1 heterocycles. The number of aromatic nitrogens is 2. The molecule has 96 valence electrons. The van der Waals surface area contributed by atoms with Gasteiger partial charge in [0.1, 0.15) is 5.82 Å². The van der Waals surface area contributed by atoms with Crippen molar-refractivity contribution in [2.75, 3.05) is 10.5 Å². The summed E-state index contributed by atoms with van der Waals surface area (Å²) >= 11 is 0. The second-order valence-electron chi connectivity index (χ2n) is 3.66. The number of aromatic amines is 1. The van der Waals surface area contributed by atoms with Gasteiger partial charge in [-0.15, -0.1) is 0 Å². The van der Waals surface area contributed by atoms with Crippen LogP contribution in [0.2, 0.25) is 0 Å². The van der Waals surface area contributed by atoms with Gasteiger partial charge >= 0.3 is 0 Å². The van der Waals surface area contributed by atoms with Crippen LogP contribution in [0.3, 0.4) is 0 Å². The molecule has 0 atom stereocenters. The predicted molar refractivity (Wildman–Crippen MR) is 64.9 cm³/mol. The quantitative estimate of drug-likeness (QED) is 0.730. The van der Waals surface area contributed by atoms with E-state index in [1.165, 1.54) is 19.3 Å². The number of sulfonamides is 1. The zero-order chi connectivity index (χ0) is 13.3. The first-order chi connectivity index (χ1) is 8.42. The summed E-state index contributed by atoms with van der Waals surface area (Å²) in [7, 11) is -3.90. The minimum absolute atomic E-state index is 0.149. The number of hydrogen-bond acceptors (Lipinski definition) is 4. The third kappa shape index (κ3) is 2.14. The molecule has 0 spiro atoms. The highest BCUT2D eigenvalue weighted by Gasteiger charge is 2.19. The summed E-state index contributed by atoms with van der Waals surface area (Å²) in [6, 6.07) is 2.48. The number of rotatable bonds is 3. The molecule has 1 aromatic carbocycles. The Morgan fingerprint density at radius 3 is 2.78 bits per heavy atom. The zero-order valence-electron chi connectivity index (χ0n) is 9.44. The van der Waals surface area contributed by atoms with Gasteiger partial charge in [-0.05, 0) is 24.6 Å². The second-order valence-corrected chi connectivity index (χ2v) is 5.31. The number of nitrogens with one attached hydrogen (secondary N) is 2.